The molecule has 0 bridgehead atoms. The van der Waals surface area contributed by atoms with Gasteiger partial charge in [-0.15, -0.1) is 0 Å². The van der Waals surface area contributed by atoms with E-state index in [0.29, 0.717) is 0 Å². The van der Waals surface area contributed by atoms with Crippen molar-refractivity contribution in [2.24, 2.45) is 0 Å². The molecule has 2 aromatic rings. The Kier molecular flexibility index (Phi) is 4.71. The normalized spacial score (nSPS) is 20.3. The zero-order chi connectivity index (χ0) is 18.1. The lowest BCUT2D eigenvalue weighted by Crippen LogP contribution is -2.56. The van der Waals surface area contributed by atoms with Crippen LogP contribution in [0.4, 0.5) is 0 Å². The molecule has 26 heavy (non-hydrogen) atoms. The van der Waals surface area contributed by atoms with E-state index in [1.54, 1.807) is 0 Å². The van der Waals surface area contributed by atoms with Crippen LogP contribution >= 0.6 is 0 Å². The first-order valence-electron chi connectivity index (χ1n) is 9.62. The number of aromatic nitrogens is 3. The number of nitrogens with one attached hydrogen (secondary N) is 1. The van der Waals surface area contributed by atoms with Crippen LogP contribution in [0.15, 0.2) is 28.6 Å². The topological polar surface area (TPSA) is 61.2 Å². The zero-order valence-electron chi connectivity index (χ0n) is 16.1. The summed E-state index contributed by atoms with van der Waals surface area (Å²) in [5.41, 5.74) is 5.01. The van der Waals surface area contributed by atoms with Crippen molar-refractivity contribution < 1.29 is 4.52 Å². The molecule has 4 rings (SSSR count). The van der Waals surface area contributed by atoms with Crippen molar-refractivity contribution in [3.63, 3.8) is 0 Å². The molecule has 2 aromatic heterocycles. The Labute approximate surface area is 155 Å². The van der Waals surface area contributed by atoms with E-state index in [1.807, 2.05) is 19.3 Å². The summed E-state index contributed by atoms with van der Waals surface area (Å²) in [6.07, 6.45) is 7.50. The number of aryl methyl sites for hydroxylation is 1. The standard InChI is InChI=1S/C20H29N5O/c1-15(2)4-8-25-9-5-18-19(22-14-21-18)20(25)6-10-24(11-7-20)13-17-12-16(3)23-26-17/h4,12,14H,5-11,13H2,1-3H3,(H,21,22). The van der Waals surface area contributed by atoms with Crippen LogP contribution < -0.4 is 0 Å². The summed E-state index contributed by atoms with van der Waals surface area (Å²) in [4.78, 5) is 13.3. The summed E-state index contributed by atoms with van der Waals surface area (Å²) >= 11 is 0. The molecule has 0 amide bonds. The average Bonchev–Trinajstić information content (AvgIpc) is 3.25. The second kappa shape index (κ2) is 7.00. The summed E-state index contributed by atoms with van der Waals surface area (Å²) in [6, 6.07) is 2.04. The average molecular weight is 355 g/mol. The molecule has 0 radical (unpaired) electrons. The number of hydrogen-bond acceptors (Lipinski definition) is 5. The molecule has 0 aliphatic carbocycles. The Morgan fingerprint density at radius 2 is 2.12 bits per heavy atom. The van der Waals surface area contributed by atoms with Crippen molar-refractivity contribution in [2.75, 3.05) is 26.2 Å². The molecule has 1 N–H and O–H groups in total. The quantitative estimate of drug-likeness (QED) is 0.854. The molecule has 6 heteroatoms. The van der Waals surface area contributed by atoms with Crippen molar-refractivity contribution in [1.82, 2.24) is 24.9 Å². The number of rotatable bonds is 4. The van der Waals surface area contributed by atoms with Crippen LogP contribution in [0.25, 0.3) is 0 Å². The number of piperidine rings is 1. The summed E-state index contributed by atoms with van der Waals surface area (Å²) in [5, 5.41) is 4.01. The lowest BCUT2D eigenvalue weighted by atomic mass is 9.78. The molecular weight excluding hydrogens is 326 g/mol. The van der Waals surface area contributed by atoms with Crippen LogP contribution in [0, 0.1) is 6.92 Å². The second-order valence-electron chi connectivity index (χ2n) is 7.95. The molecule has 0 aromatic carbocycles. The highest BCUT2D eigenvalue weighted by molar-refractivity contribution is 5.27. The molecule has 2 aliphatic rings. The van der Waals surface area contributed by atoms with Gasteiger partial charge in [-0.25, -0.2) is 4.98 Å². The van der Waals surface area contributed by atoms with E-state index < -0.39 is 0 Å². The van der Waals surface area contributed by atoms with Gasteiger partial charge in [0.1, 0.15) is 0 Å². The molecule has 140 valence electrons. The van der Waals surface area contributed by atoms with Crippen LogP contribution in [-0.4, -0.2) is 51.1 Å². The van der Waals surface area contributed by atoms with Gasteiger partial charge in [0.2, 0.25) is 0 Å². The summed E-state index contributed by atoms with van der Waals surface area (Å²) < 4.78 is 5.41. The number of imidazole rings is 1. The van der Waals surface area contributed by atoms with E-state index in [2.05, 4.69) is 39.9 Å². The van der Waals surface area contributed by atoms with Crippen LogP contribution in [0.1, 0.15) is 49.5 Å². The predicted octanol–water partition coefficient (Wildman–Crippen LogP) is 3.02. The lowest BCUT2D eigenvalue weighted by Gasteiger charge is -2.50. The van der Waals surface area contributed by atoms with Gasteiger partial charge in [0, 0.05) is 44.4 Å². The third-order valence-corrected chi connectivity index (χ3v) is 5.86. The van der Waals surface area contributed by atoms with Crippen molar-refractivity contribution >= 4 is 0 Å². The number of likely N-dealkylation sites (tertiary alicyclic amines) is 1. The molecule has 1 saturated heterocycles. The Hall–Kier alpha value is -1.92. The zero-order valence-corrected chi connectivity index (χ0v) is 16.1. The van der Waals surface area contributed by atoms with Crippen LogP contribution in [-0.2, 0) is 18.5 Å². The fraction of sp³-hybridized carbons (Fsp3) is 0.600. The summed E-state index contributed by atoms with van der Waals surface area (Å²) in [6.45, 7) is 11.4. The number of fused-ring (bicyclic) bond motifs is 2. The minimum absolute atomic E-state index is 0.0629. The predicted molar refractivity (Wildman–Crippen MR) is 101 cm³/mol. The molecule has 4 heterocycles. The molecule has 1 fully saturated rings. The van der Waals surface area contributed by atoms with E-state index in [0.717, 1.165) is 63.4 Å². The first kappa shape index (κ1) is 17.5. The van der Waals surface area contributed by atoms with Gasteiger partial charge in [0.05, 0.1) is 29.8 Å². The Bertz CT molecular complexity index is 778. The van der Waals surface area contributed by atoms with E-state index >= 15 is 0 Å². The molecular formula is C20H29N5O. The number of nitrogens with zero attached hydrogens (tertiary/aromatic N) is 4. The maximum atomic E-state index is 5.41. The third-order valence-electron chi connectivity index (χ3n) is 5.86. The van der Waals surface area contributed by atoms with Gasteiger partial charge in [-0.1, -0.05) is 16.8 Å². The lowest BCUT2D eigenvalue weighted by molar-refractivity contribution is 0.00933. The van der Waals surface area contributed by atoms with Crippen molar-refractivity contribution in [3.8, 4) is 0 Å². The molecule has 6 nitrogen and oxygen atoms in total. The maximum Gasteiger partial charge on any atom is 0.150 e. The third kappa shape index (κ3) is 3.23. The van der Waals surface area contributed by atoms with E-state index in [4.69, 9.17) is 9.51 Å². The first-order chi connectivity index (χ1) is 12.6. The highest BCUT2D eigenvalue weighted by atomic mass is 16.5. The smallest absolute Gasteiger partial charge is 0.150 e. The van der Waals surface area contributed by atoms with E-state index in [-0.39, 0.29) is 5.54 Å². The van der Waals surface area contributed by atoms with Crippen LogP contribution in [0.3, 0.4) is 0 Å². The van der Waals surface area contributed by atoms with Gasteiger partial charge < -0.3 is 9.51 Å². The highest BCUT2D eigenvalue weighted by Gasteiger charge is 2.46. The molecule has 0 unspecified atom stereocenters. The molecule has 0 atom stereocenters. The van der Waals surface area contributed by atoms with Gasteiger partial charge in [0.25, 0.3) is 0 Å². The van der Waals surface area contributed by atoms with Gasteiger partial charge in [0.15, 0.2) is 5.76 Å². The van der Waals surface area contributed by atoms with Gasteiger partial charge in [-0.3, -0.25) is 9.80 Å². The molecule has 2 aliphatic heterocycles. The molecule has 1 spiro atoms. The van der Waals surface area contributed by atoms with Gasteiger partial charge in [-0.2, -0.15) is 0 Å². The number of hydrogen-bond donors (Lipinski definition) is 1. The Morgan fingerprint density at radius 3 is 2.81 bits per heavy atom. The maximum absolute atomic E-state index is 5.41. The Morgan fingerprint density at radius 1 is 1.31 bits per heavy atom. The van der Waals surface area contributed by atoms with Gasteiger partial charge in [-0.05, 0) is 33.6 Å². The summed E-state index contributed by atoms with van der Waals surface area (Å²) in [5.74, 6) is 0.962. The highest BCUT2D eigenvalue weighted by Crippen LogP contribution is 2.42. The van der Waals surface area contributed by atoms with Crippen LogP contribution in [0.2, 0.25) is 0 Å². The number of allylic oxidation sites excluding steroid dienone is 1. The fourth-order valence-corrected chi connectivity index (χ4v) is 4.43. The SMILES string of the molecule is CC(C)=CCN1CCc2[nH]cnc2C12CCN(Cc1cc(C)no1)CC2. The number of H-pyrrole nitrogens is 1. The molecule has 0 saturated carbocycles. The second-order valence-corrected chi connectivity index (χ2v) is 7.95. The van der Waals surface area contributed by atoms with Crippen molar-refractivity contribution in [2.45, 2.75) is 52.1 Å². The van der Waals surface area contributed by atoms with Crippen molar-refractivity contribution in [1.29, 1.82) is 0 Å². The first-order valence-corrected chi connectivity index (χ1v) is 9.62. The minimum Gasteiger partial charge on any atom is -0.360 e. The fourth-order valence-electron chi connectivity index (χ4n) is 4.43. The summed E-state index contributed by atoms with van der Waals surface area (Å²) in [7, 11) is 0. The largest absolute Gasteiger partial charge is 0.360 e. The minimum atomic E-state index is 0.0629. The monoisotopic (exact) mass is 355 g/mol. The van der Waals surface area contributed by atoms with E-state index in [9.17, 15) is 0 Å². The number of aromatic amines is 1. The van der Waals surface area contributed by atoms with Gasteiger partial charge >= 0.3 is 0 Å². The van der Waals surface area contributed by atoms with Crippen LogP contribution in [0.5, 0.6) is 0 Å². The Balaban J connectivity index is 1.52. The van der Waals surface area contributed by atoms with E-state index in [1.165, 1.54) is 17.0 Å². The van der Waals surface area contributed by atoms with Crippen molar-refractivity contribution in [3.05, 3.63) is 46.9 Å².